The molecular weight excluding hydrogens is 320 g/mol. The minimum atomic E-state index is 0.195. The molecule has 0 radical (unpaired) electrons. The molecule has 0 saturated carbocycles. The Morgan fingerprint density at radius 1 is 1.47 bits per heavy atom. The topological polar surface area (TPSA) is 29.3 Å². The van der Waals surface area contributed by atoms with E-state index in [-0.39, 0.29) is 6.04 Å². The molecule has 1 aliphatic rings. The lowest BCUT2D eigenvalue weighted by Crippen LogP contribution is -2.43. The van der Waals surface area contributed by atoms with E-state index in [2.05, 4.69) is 71.6 Å². The fraction of sp³-hybridized carbons (Fsp3) is 0.600. The molecule has 2 rings (SSSR count). The Hall–Kier alpha value is -0.190. The van der Waals surface area contributed by atoms with Gasteiger partial charge in [0.15, 0.2) is 0 Å². The molecule has 0 aromatic heterocycles. The highest BCUT2D eigenvalue weighted by molar-refractivity contribution is 9.10. The molecule has 0 bridgehead atoms. The van der Waals surface area contributed by atoms with E-state index >= 15 is 0 Å². The standard InChI is InChI=1S/C15H23BrN2S/c1-11(17)8-12-9-13(16)4-5-14(12)18-6-7-19-15(2,3)10-18/h4-5,9,11H,6-8,10,17H2,1-3H3. The van der Waals surface area contributed by atoms with Crippen LogP contribution in [0.1, 0.15) is 26.3 Å². The minimum absolute atomic E-state index is 0.195. The van der Waals surface area contributed by atoms with Gasteiger partial charge < -0.3 is 10.6 Å². The number of hydrogen-bond donors (Lipinski definition) is 1. The van der Waals surface area contributed by atoms with Crippen LogP contribution in [0.4, 0.5) is 5.69 Å². The Balaban J connectivity index is 2.27. The van der Waals surface area contributed by atoms with Crippen LogP contribution in [0.25, 0.3) is 0 Å². The molecule has 1 saturated heterocycles. The Bertz CT molecular complexity index is 446. The first-order chi connectivity index (χ1) is 8.87. The number of halogens is 1. The minimum Gasteiger partial charge on any atom is -0.369 e. The first-order valence-corrected chi connectivity index (χ1v) is 8.58. The first-order valence-electron chi connectivity index (χ1n) is 6.80. The second kappa shape index (κ2) is 6.06. The summed E-state index contributed by atoms with van der Waals surface area (Å²) in [6.45, 7) is 8.95. The van der Waals surface area contributed by atoms with Crippen molar-refractivity contribution in [3.05, 3.63) is 28.2 Å². The lowest BCUT2D eigenvalue weighted by Gasteiger charge is -2.40. The zero-order valence-corrected chi connectivity index (χ0v) is 14.4. The van der Waals surface area contributed by atoms with Crippen molar-refractivity contribution in [2.75, 3.05) is 23.7 Å². The molecule has 1 aliphatic heterocycles. The van der Waals surface area contributed by atoms with Crippen LogP contribution in [0.2, 0.25) is 0 Å². The molecule has 1 aromatic carbocycles. The van der Waals surface area contributed by atoms with Gasteiger partial charge in [0.25, 0.3) is 0 Å². The van der Waals surface area contributed by atoms with Crippen LogP contribution < -0.4 is 10.6 Å². The number of nitrogens with zero attached hydrogens (tertiary/aromatic N) is 1. The van der Waals surface area contributed by atoms with Gasteiger partial charge in [0, 0.05) is 39.8 Å². The van der Waals surface area contributed by atoms with Crippen molar-refractivity contribution in [2.45, 2.75) is 38.0 Å². The molecule has 4 heteroatoms. The molecule has 2 N–H and O–H groups in total. The zero-order valence-electron chi connectivity index (χ0n) is 11.9. The van der Waals surface area contributed by atoms with E-state index < -0.39 is 0 Å². The molecule has 1 fully saturated rings. The van der Waals surface area contributed by atoms with E-state index in [9.17, 15) is 0 Å². The predicted molar refractivity (Wildman–Crippen MR) is 90.2 cm³/mol. The van der Waals surface area contributed by atoms with Gasteiger partial charge in [-0.25, -0.2) is 0 Å². The summed E-state index contributed by atoms with van der Waals surface area (Å²) in [5.74, 6) is 1.20. The quantitative estimate of drug-likeness (QED) is 0.908. The van der Waals surface area contributed by atoms with E-state index in [1.54, 1.807) is 0 Å². The lowest BCUT2D eigenvalue weighted by atomic mass is 10.0. The number of hydrogen-bond acceptors (Lipinski definition) is 3. The summed E-state index contributed by atoms with van der Waals surface area (Å²) in [5.41, 5.74) is 8.70. The molecule has 0 aliphatic carbocycles. The number of rotatable bonds is 3. The van der Waals surface area contributed by atoms with Crippen molar-refractivity contribution in [2.24, 2.45) is 5.73 Å². The van der Waals surface area contributed by atoms with Crippen LogP contribution in [0.15, 0.2) is 22.7 Å². The Labute approximate surface area is 129 Å². The third kappa shape index (κ3) is 4.14. The number of nitrogens with two attached hydrogens (primary N) is 1. The molecule has 1 heterocycles. The third-order valence-electron chi connectivity index (χ3n) is 3.35. The summed E-state index contributed by atoms with van der Waals surface area (Å²) in [5, 5.41) is 0. The van der Waals surface area contributed by atoms with Gasteiger partial charge in [-0.05, 0) is 51.0 Å². The molecule has 0 spiro atoms. The highest BCUT2D eigenvalue weighted by atomic mass is 79.9. The summed E-state index contributed by atoms with van der Waals surface area (Å²) < 4.78 is 1.47. The van der Waals surface area contributed by atoms with Crippen LogP contribution >= 0.6 is 27.7 Å². The monoisotopic (exact) mass is 342 g/mol. The van der Waals surface area contributed by atoms with Crippen molar-refractivity contribution in [3.8, 4) is 0 Å². The van der Waals surface area contributed by atoms with Gasteiger partial charge in [0.2, 0.25) is 0 Å². The van der Waals surface area contributed by atoms with Gasteiger partial charge in [-0.3, -0.25) is 0 Å². The Morgan fingerprint density at radius 3 is 2.84 bits per heavy atom. The van der Waals surface area contributed by atoms with Gasteiger partial charge in [0.1, 0.15) is 0 Å². The second-order valence-electron chi connectivity index (χ2n) is 5.98. The van der Waals surface area contributed by atoms with E-state index in [4.69, 9.17) is 5.73 Å². The molecule has 1 aromatic rings. The summed E-state index contributed by atoms with van der Waals surface area (Å²) in [6, 6.07) is 6.77. The summed E-state index contributed by atoms with van der Waals surface area (Å²) in [6.07, 6.45) is 0.929. The average Bonchev–Trinajstić information content (AvgIpc) is 2.26. The zero-order chi connectivity index (χ0) is 14.0. The summed E-state index contributed by atoms with van der Waals surface area (Å²) in [7, 11) is 0. The fourth-order valence-electron chi connectivity index (χ4n) is 2.60. The smallest absolute Gasteiger partial charge is 0.0400 e. The van der Waals surface area contributed by atoms with Crippen molar-refractivity contribution in [1.29, 1.82) is 0 Å². The Kier molecular flexibility index (Phi) is 4.85. The van der Waals surface area contributed by atoms with E-state index in [1.807, 2.05) is 0 Å². The van der Waals surface area contributed by atoms with E-state index in [0.29, 0.717) is 4.75 Å². The van der Waals surface area contributed by atoms with Crippen LogP contribution in [0.5, 0.6) is 0 Å². The first kappa shape index (κ1) is 15.2. The number of benzene rings is 1. The van der Waals surface area contributed by atoms with Crippen LogP contribution in [-0.2, 0) is 6.42 Å². The highest BCUT2D eigenvalue weighted by Crippen LogP contribution is 2.34. The normalized spacial score (nSPS) is 20.4. The molecule has 19 heavy (non-hydrogen) atoms. The van der Waals surface area contributed by atoms with Gasteiger partial charge in [-0.15, -0.1) is 0 Å². The summed E-state index contributed by atoms with van der Waals surface area (Å²) >= 11 is 5.64. The molecule has 0 amide bonds. The second-order valence-corrected chi connectivity index (χ2v) is 8.70. The van der Waals surface area contributed by atoms with E-state index in [0.717, 1.165) is 24.0 Å². The van der Waals surface area contributed by atoms with Gasteiger partial charge >= 0.3 is 0 Å². The van der Waals surface area contributed by atoms with Crippen LogP contribution in [0.3, 0.4) is 0 Å². The number of thioether (sulfide) groups is 1. The van der Waals surface area contributed by atoms with Crippen molar-refractivity contribution in [1.82, 2.24) is 0 Å². The largest absolute Gasteiger partial charge is 0.369 e. The number of anilines is 1. The van der Waals surface area contributed by atoms with Crippen LogP contribution in [-0.4, -0.2) is 29.6 Å². The van der Waals surface area contributed by atoms with Crippen molar-refractivity contribution in [3.63, 3.8) is 0 Å². The van der Waals surface area contributed by atoms with Crippen LogP contribution in [0, 0.1) is 0 Å². The van der Waals surface area contributed by atoms with Gasteiger partial charge in [0.05, 0.1) is 0 Å². The maximum absolute atomic E-state index is 5.99. The Morgan fingerprint density at radius 2 is 2.21 bits per heavy atom. The van der Waals surface area contributed by atoms with Gasteiger partial charge in [-0.2, -0.15) is 11.8 Å². The predicted octanol–water partition coefficient (Wildman–Crippen LogP) is 3.67. The molecule has 1 unspecified atom stereocenters. The maximum Gasteiger partial charge on any atom is 0.0400 e. The van der Waals surface area contributed by atoms with E-state index in [1.165, 1.54) is 17.0 Å². The molecule has 1 atom stereocenters. The third-order valence-corrected chi connectivity index (χ3v) is 5.14. The average molecular weight is 343 g/mol. The fourth-order valence-corrected chi connectivity index (χ4v) is 4.11. The van der Waals surface area contributed by atoms with Gasteiger partial charge in [-0.1, -0.05) is 15.9 Å². The molecule has 106 valence electrons. The summed E-state index contributed by atoms with van der Waals surface area (Å²) in [4.78, 5) is 2.51. The highest BCUT2D eigenvalue weighted by Gasteiger charge is 2.28. The molecular formula is C15H23BrN2S. The SMILES string of the molecule is CC(N)Cc1cc(Br)ccc1N1CCSC(C)(C)C1. The maximum atomic E-state index is 5.99. The van der Waals surface area contributed by atoms with Crippen molar-refractivity contribution >= 4 is 33.4 Å². The van der Waals surface area contributed by atoms with Crippen molar-refractivity contribution < 1.29 is 0 Å². The molecule has 2 nitrogen and oxygen atoms in total. The lowest BCUT2D eigenvalue weighted by molar-refractivity contribution is 0.642.